The first-order valence-corrected chi connectivity index (χ1v) is 4.89. The molecule has 1 aliphatic heterocycles. The van der Waals surface area contributed by atoms with Gasteiger partial charge in [-0.05, 0) is 24.6 Å². The zero-order valence-electron chi connectivity index (χ0n) is 8.42. The molecule has 3 N–H and O–H groups in total. The first-order chi connectivity index (χ1) is 6.71. The summed E-state index contributed by atoms with van der Waals surface area (Å²) in [5.74, 6) is 0. The van der Waals surface area contributed by atoms with E-state index in [4.69, 9.17) is 10.5 Å². The van der Waals surface area contributed by atoms with Crippen molar-refractivity contribution in [3.05, 3.63) is 29.8 Å². The number of benzene rings is 1. The summed E-state index contributed by atoms with van der Waals surface area (Å²) in [5, 5.41) is 3.47. The molecule has 1 atom stereocenters. The van der Waals surface area contributed by atoms with Crippen LogP contribution in [-0.4, -0.2) is 19.8 Å². The number of nitrogens with two attached hydrogens (primary N) is 1. The molecule has 0 saturated carbocycles. The predicted molar refractivity (Wildman–Crippen MR) is 57.0 cm³/mol. The molecule has 1 heterocycles. The van der Waals surface area contributed by atoms with Gasteiger partial charge in [-0.2, -0.15) is 0 Å². The zero-order valence-corrected chi connectivity index (χ0v) is 8.42. The zero-order chi connectivity index (χ0) is 10.0. The molecular formula is C11H16N2O. The second kappa shape index (κ2) is 3.59. The van der Waals surface area contributed by atoms with Gasteiger partial charge in [0.05, 0.1) is 18.8 Å². The van der Waals surface area contributed by atoms with E-state index in [2.05, 4.69) is 24.4 Å². The molecule has 0 aliphatic carbocycles. The summed E-state index contributed by atoms with van der Waals surface area (Å²) in [6.07, 6.45) is 0. The molecule has 1 fully saturated rings. The molecule has 2 rings (SSSR count). The molecule has 0 bridgehead atoms. The molecule has 3 nitrogen and oxygen atoms in total. The van der Waals surface area contributed by atoms with Crippen molar-refractivity contribution in [3.63, 3.8) is 0 Å². The van der Waals surface area contributed by atoms with E-state index in [0.717, 1.165) is 25.4 Å². The number of morpholine rings is 1. The Morgan fingerprint density at radius 1 is 1.36 bits per heavy atom. The number of hydrogen-bond donors (Lipinski definition) is 2. The van der Waals surface area contributed by atoms with Crippen LogP contribution in [0.5, 0.6) is 0 Å². The van der Waals surface area contributed by atoms with Crippen LogP contribution in [0.3, 0.4) is 0 Å². The third kappa shape index (κ3) is 1.74. The maximum atomic E-state index is 5.65. The summed E-state index contributed by atoms with van der Waals surface area (Å²) in [6, 6.07) is 7.96. The van der Waals surface area contributed by atoms with Crippen LogP contribution in [0, 0.1) is 0 Å². The van der Waals surface area contributed by atoms with Crippen molar-refractivity contribution in [1.29, 1.82) is 0 Å². The lowest BCUT2D eigenvalue weighted by molar-refractivity contribution is 0.0339. The lowest BCUT2D eigenvalue weighted by Crippen LogP contribution is -2.49. The van der Waals surface area contributed by atoms with E-state index in [1.54, 1.807) is 0 Å². The highest BCUT2D eigenvalue weighted by molar-refractivity contribution is 5.41. The van der Waals surface area contributed by atoms with E-state index in [0.29, 0.717) is 0 Å². The van der Waals surface area contributed by atoms with E-state index in [1.807, 2.05) is 12.1 Å². The molecular weight excluding hydrogens is 176 g/mol. The van der Waals surface area contributed by atoms with Gasteiger partial charge in [-0.1, -0.05) is 12.1 Å². The van der Waals surface area contributed by atoms with E-state index in [9.17, 15) is 0 Å². The normalized spacial score (nSPS) is 27.5. The standard InChI is InChI=1S/C11H16N2O/c1-11(8-14-7-6-13-11)9-2-4-10(12)5-3-9/h2-5,13H,6-8,12H2,1H3. The highest BCUT2D eigenvalue weighted by Crippen LogP contribution is 2.23. The Hall–Kier alpha value is -1.06. The van der Waals surface area contributed by atoms with Crippen molar-refractivity contribution in [2.24, 2.45) is 0 Å². The Kier molecular flexibility index (Phi) is 2.44. The lowest BCUT2D eigenvalue weighted by Gasteiger charge is -2.35. The van der Waals surface area contributed by atoms with Gasteiger partial charge in [-0.15, -0.1) is 0 Å². The van der Waals surface area contributed by atoms with Crippen LogP contribution in [0.25, 0.3) is 0 Å². The molecule has 1 aromatic rings. The minimum absolute atomic E-state index is 0.0635. The third-order valence-electron chi connectivity index (χ3n) is 2.70. The second-order valence-electron chi connectivity index (χ2n) is 3.93. The highest BCUT2D eigenvalue weighted by atomic mass is 16.5. The van der Waals surface area contributed by atoms with Gasteiger partial charge in [-0.25, -0.2) is 0 Å². The number of anilines is 1. The fourth-order valence-electron chi connectivity index (χ4n) is 1.76. The second-order valence-corrected chi connectivity index (χ2v) is 3.93. The molecule has 76 valence electrons. The van der Waals surface area contributed by atoms with Gasteiger partial charge < -0.3 is 15.8 Å². The maximum Gasteiger partial charge on any atom is 0.0688 e. The first-order valence-electron chi connectivity index (χ1n) is 4.89. The summed E-state index contributed by atoms with van der Waals surface area (Å²) in [6.45, 7) is 4.57. The van der Waals surface area contributed by atoms with Crippen LogP contribution >= 0.6 is 0 Å². The Labute approximate surface area is 84.3 Å². The topological polar surface area (TPSA) is 47.3 Å². The molecule has 0 aromatic heterocycles. The quantitative estimate of drug-likeness (QED) is 0.655. The van der Waals surface area contributed by atoms with Gasteiger partial charge in [0.15, 0.2) is 0 Å². The van der Waals surface area contributed by atoms with E-state index in [1.165, 1.54) is 5.56 Å². The number of nitrogens with one attached hydrogen (secondary N) is 1. The average molecular weight is 192 g/mol. The fraction of sp³-hybridized carbons (Fsp3) is 0.455. The molecule has 0 radical (unpaired) electrons. The van der Waals surface area contributed by atoms with Gasteiger partial charge in [0.25, 0.3) is 0 Å². The molecule has 3 heteroatoms. The van der Waals surface area contributed by atoms with Crippen LogP contribution in [-0.2, 0) is 10.3 Å². The van der Waals surface area contributed by atoms with Crippen LogP contribution in [0.2, 0.25) is 0 Å². The molecule has 0 amide bonds. The van der Waals surface area contributed by atoms with Crippen LogP contribution in [0.1, 0.15) is 12.5 Å². The summed E-state index contributed by atoms with van der Waals surface area (Å²) in [5.41, 5.74) is 7.61. The minimum Gasteiger partial charge on any atom is -0.399 e. The Morgan fingerprint density at radius 2 is 2.07 bits per heavy atom. The average Bonchev–Trinajstić information content (AvgIpc) is 2.19. The highest BCUT2D eigenvalue weighted by Gasteiger charge is 2.28. The van der Waals surface area contributed by atoms with Gasteiger partial charge in [0.1, 0.15) is 0 Å². The summed E-state index contributed by atoms with van der Waals surface area (Å²) >= 11 is 0. The predicted octanol–water partition coefficient (Wildman–Crippen LogP) is 1.10. The summed E-state index contributed by atoms with van der Waals surface area (Å²) < 4.78 is 5.48. The van der Waals surface area contributed by atoms with Crippen molar-refractivity contribution >= 4 is 5.69 Å². The van der Waals surface area contributed by atoms with Gasteiger partial charge in [0.2, 0.25) is 0 Å². The van der Waals surface area contributed by atoms with Crippen molar-refractivity contribution < 1.29 is 4.74 Å². The summed E-state index contributed by atoms with van der Waals surface area (Å²) in [7, 11) is 0. The molecule has 1 aliphatic rings. The van der Waals surface area contributed by atoms with Gasteiger partial charge in [-0.3, -0.25) is 0 Å². The van der Waals surface area contributed by atoms with Crippen LogP contribution < -0.4 is 11.1 Å². The van der Waals surface area contributed by atoms with Crippen molar-refractivity contribution in [1.82, 2.24) is 5.32 Å². The monoisotopic (exact) mass is 192 g/mol. The Morgan fingerprint density at radius 3 is 2.64 bits per heavy atom. The fourth-order valence-corrected chi connectivity index (χ4v) is 1.76. The number of nitrogen functional groups attached to an aromatic ring is 1. The number of hydrogen-bond acceptors (Lipinski definition) is 3. The van der Waals surface area contributed by atoms with Crippen molar-refractivity contribution in [3.8, 4) is 0 Å². The van der Waals surface area contributed by atoms with E-state index < -0.39 is 0 Å². The maximum absolute atomic E-state index is 5.65. The molecule has 0 spiro atoms. The molecule has 1 unspecified atom stereocenters. The van der Waals surface area contributed by atoms with Crippen molar-refractivity contribution in [2.75, 3.05) is 25.5 Å². The Bertz CT molecular complexity index is 302. The lowest BCUT2D eigenvalue weighted by atomic mass is 9.92. The minimum atomic E-state index is -0.0635. The largest absolute Gasteiger partial charge is 0.399 e. The SMILES string of the molecule is CC1(c2ccc(N)cc2)COCCN1. The molecule has 1 saturated heterocycles. The van der Waals surface area contributed by atoms with Gasteiger partial charge in [0, 0.05) is 12.2 Å². The first kappa shape index (κ1) is 9.49. The number of ether oxygens (including phenoxy) is 1. The number of rotatable bonds is 1. The van der Waals surface area contributed by atoms with Crippen LogP contribution in [0.15, 0.2) is 24.3 Å². The van der Waals surface area contributed by atoms with Crippen molar-refractivity contribution in [2.45, 2.75) is 12.5 Å². The van der Waals surface area contributed by atoms with Gasteiger partial charge >= 0.3 is 0 Å². The molecule has 1 aromatic carbocycles. The Balaban J connectivity index is 2.23. The van der Waals surface area contributed by atoms with E-state index in [-0.39, 0.29) is 5.54 Å². The third-order valence-corrected chi connectivity index (χ3v) is 2.70. The summed E-state index contributed by atoms with van der Waals surface area (Å²) in [4.78, 5) is 0. The smallest absolute Gasteiger partial charge is 0.0688 e. The van der Waals surface area contributed by atoms with Crippen LogP contribution in [0.4, 0.5) is 5.69 Å². The van der Waals surface area contributed by atoms with E-state index >= 15 is 0 Å². The molecule has 14 heavy (non-hydrogen) atoms.